The molecule has 41 heavy (non-hydrogen) atoms. The van der Waals surface area contributed by atoms with E-state index >= 15 is 0 Å². The molecule has 1 aromatic heterocycles. The van der Waals surface area contributed by atoms with E-state index < -0.39 is 35.7 Å². The fraction of sp³-hybridized carbons (Fsp3) is 0.379. The molecule has 0 spiro atoms. The third-order valence-electron chi connectivity index (χ3n) is 7.20. The standard InChI is InChI=1S/C29H28ClF4N3O4/c1-40-25-11-17(3-2-4-24(25)41-20-6-7-20)27(38)36-15-28(39,29(32,33)34)26-12-18(19-13-35-14-19)10-23(37-26)16-5-8-22(31)21(30)9-16/h2,4-5,8-12,19-20,35,39H,3,6-7,13-15H2,1H3,(H,36,38). The molecule has 1 aliphatic heterocycles. The van der Waals surface area contributed by atoms with Crippen molar-refractivity contribution in [1.82, 2.24) is 15.6 Å². The Balaban J connectivity index is 1.46. The molecule has 1 atom stereocenters. The Morgan fingerprint density at radius 2 is 1.95 bits per heavy atom. The molecule has 1 unspecified atom stereocenters. The second kappa shape index (κ2) is 11.5. The summed E-state index contributed by atoms with van der Waals surface area (Å²) in [5.41, 5.74) is -3.24. The lowest BCUT2D eigenvalue weighted by Gasteiger charge is -2.33. The number of aromatic nitrogens is 1. The Hall–Kier alpha value is -3.41. The van der Waals surface area contributed by atoms with E-state index in [0.29, 0.717) is 24.4 Å². The third-order valence-corrected chi connectivity index (χ3v) is 7.49. The normalized spacial score (nSPS) is 19.1. The minimum atomic E-state index is -5.21. The fourth-order valence-electron chi connectivity index (χ4n) is 4.43. The summed E-state index contributed by atoms with van der Waals surface area (Å²) in [6.45, 7) is -0.147. The zero-order valence-electron chi connectivity index (χ0n) is 22.0. The smallest absolute Gasteiger partial charge is 0.424 e. The van der Waals surface area contributed by atoms with E-state index in [2.05, 4.69) is 15.6 Å². The Bertz CT molecular complexity index is 1430. The number of ether oxygens (including phenoxy) is 2. The minimum Gasteiger partial charge on any atom is -0.493 e. The van der Waals surface area contributed by atoms with Gasteiger partial charge in [-0.3, -0.25) is 4.79 Å². The van der Waals surface area contributed by atoms with Gasteiger partial charge < -0.3 is 25.2 Å². The zero-order chi connectivity index (χ0) is 29.4. The number of halogens is 5. The number of carbonyl (C=O) groups is 1. The monoisotopic (exact) mass is 593 g/mol. The van der Waals surface area contributed by atoms with Gasteiger partial charge >= 0.3 is 6.18 Å². The Morgan fingerprint density at radius 3 is 2.56 bits per heavy atom. The van der Waals surface area contributed by atoms with Crippen molar-refractivity contribution in [2.45, 2.75) is 43.1 Å². The molecule has 1 saturated carbocycles. The average molecular weight is 594 g/mol. The summed E-state index contributed by atoms with van der Waals surface area (Å²) in [6.07, 6.45) is 1.52. The van der Waals surface area contributed by atoms with Crippen LogP contribution in [-0.2, 0) is 19.9 Å². The molecular formula is C29H28ClF4N3O4. The van der Waals surface area contributed by atoms with Gasteiger partial charge in [-0.1, -0.05) is 17.7 Å². The lowest BCUT2D eigenvalue weighted by atomic mass is 9.88. The molecule has 3 aliphatic rings. The van der Waals surface area contributed by atoms with Crippen LogP contribution in [0.1, 0.15) is 36.4 Å². The van der Waals surface area contributed by atoms with Crippen LogP contribution in [0.4, 0.5) is 17.6 Å². The first-order valence-corrected chi connectivity index (χ1v) is 13.4. The maximum absolute atomic E-state index is 14.5. The zero-order valence-corrected chi connectivity index (χ0v) is 22.8. The van der Waals surface area contributed by atoms with Crippen LogP contribution in [0.3, 0.4) is 0 Å². The number of methoxy groups -OCH3 is 1. The van der Waals surface area contributed by atoms with Crippen molar-refractivity contribution in [2.24, 2.45) is 0 Å². The number of benzene rings is 1. The van der Waals surface area contributed by atoms with Crippen LogP contribution in [0.15, 0.2) is 65.7 Å². The minimum absolute atomic E-state index is 0.0696. The van der Waals surface area contributed by atoms with Gasteiger partial charge in [-0.2, -0.15) is 13.2 Å². The number of carbonyl (C=O) groups excluding carboxylic acids is 1. The molecule has 1 saturated heterocycles. The van der Waals surface area contributed by atoms with E-state index in [9.17, 15) is 27.5 Å². The first-order chi connectivity index (χ1) is 19.5. The van der Waals surface area contributed by atoms with Crippen molar-refractivity contribution >= 4 is 17.5 Å². The molecule has 5 rings (SSSR count). The van der Waals surface area contributed by atoms with Crippen molar-refractivity contribution in [2.75, 3.05) is 26.7 Å². The maximum atomic E-state index is 14.5. The second-order valence-corrected chi connectivity index (χ2v) is 10.6. The Kier molecular flexibility index (Phi) is 8.13. The van der Waals surface area contributed by atoms with E-state index in [1.807, 2.05) is 0 Å². The van der Waals surface area contributed by atoms with E-state index in [0.717, 1.165) is 18.9 Å². The van der Waals surface area contributed by atoms with Crippen molar-refractivity contribution in [3.63, 3.8) is 0 Å². The highest BCUT2D eigenvalue weighted by atomic mass is 35.5. The fourth-order valence-corrected chi connectivity index (χ4v) is 4.61. The number of hydrogen-bond acceptors (Lipinski definition) is 6. The van der Waals surface area contributed by atoms with E-state index in [-0.39, 0.29) is 46.1 Å². The highest BCUT2D eigenvalue weighted by molar-refractivity contribution is 6.31. The van der Waals surface area contributed by atoms with Crippen LogP contribution < -0.4 is 10.6 Å². The number of alkyl halides is 3. The quantitative estimate of drug-likeness (QED) is 0.354. The number of rotatable bonds is 9. The summed E-state index contributed by atoms with van der Waals surface area (Å²) in [7, 11) is 1.40. The number of pyridine rings is 1. The highest BCUT2D eigenvalue weighted by Crippen LogP contribution is 2.40. The average Bonchev–Trinajstić information content (AvgIpc) is 3.74. The van der Waals surface area contributed by atoms with Gasteiger partial charge in [0.05, 0.1) is 36.2 Å². The summed E-state index contributed by atoms with van der Waals surface area (Å²) in [5, 5.41) is 16.2. The van der Waals surface area contributed by atoms with Gasteiger partial charge in [-0.05, 0) is 67.3 Å². The summed E-state index contributed by atoms with van der Waals surface area (Å²) in [5.74, 6) is -0.917. The Labute approximate surface area is 238 Å². The molecule has 2 fully saturated rings. The van der Waals surface area contributed by atoms with Crippen LogP contribution in [0.25, 0.3) is 11.3 Å². The summed E-state index contributed by atoms with van der Waals surface area (Å²) < 4.78 is 68.5. The predicted octanol–water partition coefficient (Wildman–Crippen LogP) is 5.02. The summed E-state index contributed by atoms with van der Waals surface area (Å²) in [6, 6.07) is 6.48. The number of hydrogen-bond donors (Lipinski definition) is 3. The van der Waals surface area contributed by atoms with Crippen LogP contribution in [0.5, 0.6) is 0 Å². The van der Waals surface area contributed by atoms with Crippen LogP contribution in [0, 0.1) is 5.82 Å². The molecule has 1 amide bonds. The molecule has 12 heteroatoms. The van der Waals surface area contributed by atoms with Gasteiger partial charge in [0, 0.05) is 30.1 Å². The molecule has 2 aromatic rings. The SMILES string of the molecule is COC1=C(OC2CC2)C=CCC(C(=O)NCC(O)(c2cc(C3CNC3)cc(-c3ccc(F)c(Cl)c3)n2)C(F)(F)F)=C1. The maximum Gasteiger partial charge on any atom is 0.424 e. The molecule has 1 aromatic carbocycles. The third kappa shape index (κ3) is 6.27. The largest absolute Gasteiger partial charge is 0.493 e. The van der Waals surface area contributed by atoms with Gasteiger partial charge in [-0.25, -0.2) is 9.37 Å². The number of aliphatic hydroxyl groups is 1. The lowest BCUT2D eigenvalue weighted by Crippen LogP contribution is -2.52. The van der Waals surface area contributed by atoms with Crippen molar-refractivity contribution < 1.29 is 36.9 Å². The van der Waals surface area contributed by atoms with Crippen LogP contribution >= 0.6 is 11.6 Å². The highest BCUT2D eigenvalue weighted by Gasteiger charge is 2.56. The summed E-state index contributed by atoms with van der Waals surface area (Å²) in [4.78, 5) is 17.2. The predicted molar refractivity (Wildman–Crippen MR) is 143 cm³/mol. The lowest BCUT2D eigenvalue weighted by molar-refractivity contribution is -0.265. The van der Waals surface area contributed by atoms with Crippen molar-refractivity contribution in [3.8, 4) is 11.3 Å². The summed E-state index contributed by atoms with van der Waals surface area (Å²) >= 11 is 5.91. The van der Waals surface area contributed by atoms with Crippen molar-refractivity contribution in [1.29, 1.82) is 0 Å². The number of nitrogens with zero attached hydrogens (tertiary/aromatic N) is 1. The van der Waals surface area contributed by atoms with Gasteiger partial charge in [-0.15, -0.1) is 0 Å². The molecule has 3 N–H and O–H groups in total. The number of allylic oxidation sites excluding steroid dienone is 3. The van der Waals surface area contributed by atoms with Gasteiger partial charge in [0.2, 0.25) is 11.5 Å². The second-order valence-electron chi connectivity index (χ2n) is 10.2. The topological polar surface area (TPSA) is 92.7 Å². The molecular weight excluding hydrogens is 566 g/mol. The van der Waals surface area contributed by atoms with Gasteiger partial charge in [0.15, 0.2) is 11.5 Å². The molecule has 2 aliphatic carbocycles. The van der Waals surface area contributed by atoms with E-state index in [1.54, 1.807) is 18.2 Å². The first-order valence-electron chi connectivity index (χ1n) is 13.1. The van der Waals surface area contributed by atoms with Crippen LogP contribution in [-0.4, -0.2) is 55.0 Å². The first kappa shape index (κ1) is 29.1. The van der Waals surface area contributed by atoms with Crippen LogP contribution in [0.2, 0.25) is 5.02 Å². The molecule has 218 valence electrons. The molecule has 7 nitrogen and oxygen atoms in total. The van der Waals surface area contributed by atoms with Gasteiger partial charge in [0.25, 0.3) is 0 Å². The van der Waals surface area contributed by atoms with Gasteiger partial charge in [0.1, 0.15) is 5.82 Å². The Morgan fingerprint density at radius 1 is 1.20 bits per heavy atom. The van der Waals surface area contributed by atoms with E-state index in [1.165, 1.54) is 31.4 Å². The van der Waals surface area contributed by atoms with E-state index in [4.69, 9.17) is 21.1 Å². The van der Waals surface area contributed by atoms with Crippen molar-refractivity contribution in [3.05, 3.63) is 87.7 Å². The molecule has 0 bridgehead atoms. The number of nitrogens with one attached hydrogen (secondary N) is 2. The molecule has 2 heterocycles. The molecule has 0 radical (unpaired) electrons. The number of amides is 1.